The van der Waals surface area contributed by atoms with Crippen molar-refractivity contribution in [1.29, 1.82) is 0 Å². The van der Waals surface area contributed by atoms with Crippen LogP contribution in [0.2, 0.25) is 0 Å². The lowest BCUT2D eigenvalue weighted by Crippen LogP contribution is -1.97. The van der Waals surface area contributed by atoms with Crippen molar-refractivity contribution in [2.45, 2.75) is 33.1 Å². The van der Waals surface area contributed by atoms with Crippen LogP contribution in [-0.2, 0) is 14.9 Å². The fraction of sp³-hybridized carbons (Fsp3) is 0.857. The van der Waals surface area contributed by atoms with Gasteiger partial charge >= 0.3 is 5.97 Å². The topological polar surface area (TPSA) is 91.7 Å². The molecule has 0 rings (SSSR count). The van der Waals surface area contributed by atoms with Gasteiger partial charge in [-0.15, -0.1) is 0 Å². The zero-order valence-electron chi connectivity index (χ0n) is 7.86. The fourth-order valence-corrected chi connectivity index (χ4v) is 0.328. The zero-order chi connectivity index (χ0) is 10.9. The molecular weight excluding hydrogens is 196 g/mol. The van der Waals surface area contributed by atoms with Crippen LogP contribution in [0.3, 0.4) is 0 Å². The predicted octanol–water partition coefficient (Wildman–Crippen LogP) is 1.16. The van der Waals surface area contributed by atoms with Crippen molar-refractivity contribution >= 4 is 16.1 Å². The summed E-state index contributed by atoms with van der Waals surface area (Å²) in [6, 6.07) is 0. The first kappa shape index (κ1) is 14.9. The predicted molar refractivity (Wildman–Crippen MR) is 49.3 cm³/mol. The van der Waals surface area contributed by atoms with Crippen LogP contribution < -0.4 is 0 Å². The summed E-state index contributed by atoms with van der Waals surface area (Å²) in [6.07, 6.45) is 2.08. The van der Waals surface area contributed by atoms with E-state index in [4.69, 9.17) is 9.66 Å². The van der Waals surface area contributed by atoms with Crippen molar-refractivity contribution in [1.82, 2.24) is 0 Å². The molecule has 0 aromatic heterocycles. The molecule has 0 fully saturated rings. The lowest BCUT2D eigenvalue weighted by Gasteiger charge is -1.85. The molecule has 5 nitrogen and oxygen atoms in total. The number of hydrogen-bond acceptors (Lipinski definition) is 3. The van der Waals surface area contributed by atoms with Gasteiger partial charge in [0.05, 0.1) is 5.75 Å². The fourth-order valence-electron chi connectivity index (χ4n) is 0.328. The Balaban J connectivity index is 0. The highest BCUT2D eigenvalue weighted by atomic mass is 32.2. The largest absolute Gasteiger partial charge is 0.481 e. The van der Waals surface area contributed by atoms with Gasteiger partial charge in [-0.25, -0.2) is 0 Å². The maximum Gasteiger partial charge on any atom is 0.303 e. The minimum atomic E-state index is -3.66. The van der Waals surface area contributed by atoms with Gasteiger partial charge in [0.25, 0.3) is 10.1 Å². The molecular formula is C7H16O5S. The van der Waals surface area contributed by atoms with Crippen molar-refractivity contribution < 1.29 is 22.9 Å². The van der Waals surface area contributed by atoms with E-state index in [-0.39, 0.29) is 5.75 Å². The molecule has 0 saturated heterocycles. The van der Waals surface area contributed by atoms with E-state index in [1.807, 2.05) is 6.92 Å². The summed E-state index contributed by atoms with van der Waals surface area (Å²) in [5.74, 6) is -0.894. The van der Waals surface area contributed by atoms with Gasteiger partial charge < -0.3 is 5.11 Å². The summed E-state index contributed by atoms with van der Waals surface area (Å²) in [5, 5.41) is 8.04. The van der Waals surface area contributed by atoms with Crippen LogP contribution in [0.15, 0.2) is 0 Å². The molecule has 6 heteroatoms. The number of unbranched alkanes of at least 4 members (excludes halogenated alkanes) is 1. The highest BCUT2D eigenvalue weighted by Gasteiger charge is 1.93. The maximum absolute atomic E-state index is 9.76. The summed E-state index contributed by atoms with van der Waals surface area (Å²) in [7, 11) is -3.66. The summed E-state index contributed by atoms with van der Waals surface area (Å²) in [6.45, 7) is 3.35. The Hall–Kier alpha value is -0.620. The molecule has 2 N–H and O–H groups in total. The normalized spacial score (nSPS) is 10.1. The van der Waals surface area contributed by atoms with Crippen LogP contribution in [-0.4, -0.2) is 29.8 Å². The van der Waals surface area contributed by atoms with Crippen LogP contribution >= 0.6 is 0 Å². The first-order valence-corrected chi connectivity index (χ1v) is 5.61. The van der Waals surface area contributed by atoms with Crippen LogP contribution in [0.4, 0.5) is 0 Å². The van der Waals surface area contributed by atoms with Crippen molar-refractivity contribution in [2.24, 2.45) is 0 Å². The van der Waals surface area contributed by atoms with Crippen LogP contribution in [0.1, 0.15) is 33.1 Å². The molecule has 0 aliphatic rings. The van der Waals surface area contributed by atoms with Gasteiger partial charge in [-0.05, 0) is 13.3 Å². The van der Waals surface area contributed by atoms with Crippen LogP contribution in [0.25, 0.3) is 0 Å². The molecule has 0 heterocycles. The molecule has 0 aliphatic heterocycles. The van der Waals surface area contributed by atoms with E-state index in [1.165, 1.54) is 6.92 Å². The van der Waals surface area contributed by atoms with E-state index in [1.54, 1.807) is 0 Å². The number of aliphatic carboxylic acids is 1. The van der Waals surface area contributed by atoms with Crippen molar-refractivity contribution in [3.63, 3.8) is 0 Å². The standard InChI is InChI=1S/C5H10O2.C2H6O3S/c1-2-3-4-5(6)7;1-2-6(3,4)5/h2-4H2,1H3,(H,6,7);2H2,1H3,(H,3,4,5). The Morgan fingerprint density at radius 1 is 1.31 bits per heavy atom. The average molecular weight is 212 g/mol. The minimum Gasteiger partial charge on any atom is -0.481 e. The van der Waals surface area contributed by atoms with Crippen LogP contribution in [0, 0.1) is 0 Å². The van der Waals surface area contributed by atoms with E-state index in [9.17, 15) is 13.2 Å². The van der Waals surface area contributed by atoms with E-state index in [0.29, 0.717) is 6.42 Å². The number of carboxylic acid groups (broad SMARTS) is 1. The summed E-state index contributed by atoms with van der Waals surface area (Å²) in [4.78, 5) is 9.76. The number of hydrogen-bond donors (Lipinski definition) is 2. The second kappa shape index (κ2) is 8.00. The van der Waals surface area contributed by atoms with E-state index >= 15 is 0 Å². The quantitative estimate of drug-likeness (QED) is 0.682. The van der Waals surface area contributed by atoms with Gasteiger partial charge in [0, 0.05) is 6.42 Å². The number of carboxylic acids is 1. The summed E-state index contributed by atoms with van der Waals surface area (Å²) in [5.41, 5.74) is 0. The lowest BCUT2D eigenvalue weighted by atomic mass is 10.3. The van der Waals surface area contributed by atoms with E-state index in [2.05, 4.69) is 0 Å². The van der Waals surface area contributed by atoms with Crippen molar-refractivity contribution in [3.05, 3.63) is 0 Å². The highest BCUT2D eigenvalue weighted by Crippen LogP contribution is 1.91. The third-order valence-electron chi connectivity index (χ3n) is 1.11. The van der Waals surface area contributed by atoms with Gasteiger partial charge in [0.2, 0.25) is 0 Å². The molecule has 0 unspecified atom stereocenters. The average Bonchev–Trinajstić information content (AvgIpc) is 2.01. The molecule has 0 bridgehead atoms. The van der Waals surface area contributed by atoms with Gasteiger partial charge in [-0.1, -0.05) is 13.3 Å². The van der Waals surface area contributed by atoms with Crippen molar-refractivity contribution in [3.8, 4) is 0 Å². The molecule has 0 aromatic rings. The smallest absolute Gasteiger partial charge is 0.303 e. The van der Waals surface area contributed by atoms with E-state index < -0.39 is 16.1 Å². The maximum atomic E-state index is 9.76. The summed E-state index contributed by atoms with van der Waals surface area (Å²) < 4.78 is 26.9. The zero-order valence-corrected chi connectivity index (χ0v) is 8.67. The van der Waals surface area contributed by atoms with Crippen LogP contribution in [0.5, 0.6) is 0 Å². The molecule has 0 saturated carbocycles. The number of carbonyl (C=O) groups is 1. The minimum absolute atomic E-state index is 0.201. The molecule has 80 valence electrons. The first-order chi connectivity index (χ1) is 5.83. The second-order valence-corrected chi connectivity index (χ2v) is 4.11. The molecule has 0 spiro atoms. The Bertz CT molecular complexity index is 219. The highest BCUT2D eigenvalue weighted by molar-refractivity contribution is 7.85. The SMILES string of the molecule is CCCCC(=O)O.CCS(=O)(=O)O. The van der Waals surface area contributed by atoms with E-state index in [0.717, 1.165) is 12.8 Å². The molecule has 13 heavy (non-hydrogen) atoms. The van der Waals surface area contributed by atoms with Gasteiger partial charge in [0.15, 0.2) is 0 Å². The lowest BCUT2D eigenvalue weighted by molar-refractivity contribution is -0.137. The molecule has 0 aromatic carbocycles. The molecule has 0 amide bonds. The number of rotatable bonds is 4. The Labute approximate surface area is 78.5 Å². The third-order valence-corrected chi connectivity index (χ3v) is 1.84. The second-order valence-electron chi connectivity index (χ2n) is 2.37. The molecule has 0 radical (unpaired) electrons. The Morgan fingerprint density at radius 2 is 1.69 bits per heavy atom. The van der Waals surface area contributed by atoms with Crippen molar-refractivity contribution in [2.75, 3.05) is 5.75 Å². The van der Waals surface area contributed by atoms with Gasteiger partial charge in [0.1, 0.15) is 0 Å². The van der Waals surface area contributed by atoms with Gasteiger partial charge in [-0.2, -0.15) is 8.42 Å². The molecule has 0 aliphatic carbocycles. The Kier molecular flexibility index (Phi) is 9.16. The van der Waals surface area contributed by atoms with Gasteiger partial charge in [-0.3, -0.25) is 9.35 Å². The Morgan fingerprint density at radius 3 is 1.77 bits per heavy atom. The first-order valence-electron chi connectivity index (χ1n) is 4.00. The molecule has 0 atom stereocenters. The third kappa shape index (κ3) is 24.6. The monoisotopic (exact) mass is 212 g/mol. The summed E-state index contributed by atoms with van der Waals surface area (Å²) >= 11 is 0.